The molecule has 1 fully saturated rings. The zero-order chi connectivity index (χ0) is 13.5. The summed E-state index contributed by atoms with van der Waals surface area (Å²) in [5.74, 6) is 0.213. The molecular formula is C16H23NO2. The van der Waals surface area contributed by atoms with E-state index in [2.05, 4.69) is 31.2 Å². The Labute approximate surface area is 115 Å². The monoisotopic (exact) mass is 261 g/mol. The zero-order valence-corrected chi connectivity index (χ0v) is 11.7. The maximum atomic E-state index is 12.1. The summed E-state index contributed by atoms with van der Waals surface area (Å²) in [5, 5.41) is 0. The smallest absolute Gasteiger partial charge is 0.227 e. The fourth-order valence-corrected chi connectivity index (χ4v) is 2.30. The lowest BCUT2D eigenvalue weighted by Gasteiger charge is -2.26. The zero-order valence-electron chi connectivity index (χ0n) is 11.7. The van der Waals surface area contributed by atoms with E-state index in [0.29, 0.717) is 19.6 Å². The highest BCUT2D eigenvalue weighted by Crippen LogP contribution is 2.10. The van der Waals surface area contributed by atoms with Crippen LogP contribution in [0, 0.1) is 0 Å². The van der Waals surface area contributed by atoms with E-state index in [4.69, 9.17) is 4.74 Å². The van der Waals surface area contributed by atoms with Crippen molar-refractivity contribution < 1.29 is 9.53 Å². The molecule has 0 bridgehead atoms. The second kappa shape index (κ2) is 7.29. The highest BCUT2D eigenvalue weighted by atomic mass is 16.5. The van der Waals surface area contributed by atoms with Crippen LogP contribution in [0.3, 0.4) is 0 Å². The van der Waals surface area contributed by atoms with Gasteiger partial charge in [-0.25, -0.2) is 0 Å². The molecule has 19 heavy (non-hydrogen) atoms. The van der Waals surface area contributed by atoms with Crippen LogP contribution in [0.15, 0.2) is 24.3 Å². The molecule has 3 nitrogen and oxygen atoms in total. The molecule has 1 amide bonds. The van der Waals surface area contributed by atoms with E-state index >= 15 is 0 Å². The number of hydrogen-bond donors (Lipinski definition) is 0. The lowest BCUT2D eigenvalue weighted by Crippen LogP contribution is -2.41. The van der Waals surface area contributed by atoms with E-state index in [1.807, 2.05) is 4.90 Å². The van der Waals surface area contributed by atoms with Gasteiger partial charge in [0, 0.05) is 13.1 Å². The Hall–Kier alpha value is -1.35. The van der Waals surface area contributed by atoms with E-state index in [9.17, 15) is 4.79 Å². The fraction of sp³-hybridized carbons (Fsp3) is 0.562. The number of carbonyl (C=O) groups excluding carboxylic acids is 1. The minimum absolute atomic E-state index is 0.213. The van der Waals surface area contributed by atoms with Crippen LogP contribution in [0.2, 0.25) is 0 Å². The molecule has 1 saturated heterocycles. The second-order valence-electron chi connectivity index (χ2n) is 5.09. The van der Waals surface area contributed by atoms with Crippen molar-refractivity contribution in [2.24, 2.45) is 0 Å². The SMILES string of the molecule is CCCCc1ccc(CC(=O)N2CCOCC2)cc1. The van der Waals surface area contributed by atoms with Crippen molar-refractivity contribution in [2.75, 3.05) is 26.3 Å². The maximum absolute atomic E-state index is 12.1. The van der Waals surface area contributed by atoms with Gasteiger partial charge in [0.25, 0.3) is 0 Å². The molecule has 1 aromatic rings. The highest BCUT2D eigenvalue weighted by Gasteiger charge is 2.16. The Morgan fingerprint density at radius 1 is 1.16 bits per heavy atom. The number of morpholine rings is 1. The van der Waals surface area contributed by atoms with Crippen LogP contribution < -0.4 is 0 Å². The van der Waals surface area contributed by atoms with Crippen molar-refractivity contribution in [1.82, 2.24) is 4.90 Å². The Balaban J connectivity index is 1.86. The van der Waals surface area contributed by atoms with Gasteiger partial charge in [0.2, 0.25) is 5.91 Å². The number of amides is 1. The lowest BCUT2D eigenvalue weighted by atomic mass is 10.0. The standard InChI is InChI=1S/C16H23NO2/c1-2-3-4-14-5-7-15(8-6-14)13-16(18)17-9-11-19-12-10-17/h5-8H,2-4,9-13H2,1H3. The van der Waals surface area contributed by atoms with E-state index in [-0.39, 0.29) is 5.91 Å². The topological polar surface area (TPSA) is 29.5 Å². The highest BCUT2D eigenvalue weighted by molar-refractivity contribution is 5.78. The van der Waals surface area contributed by atoms with Gasteiger partial charge in [-0.1, -0.05) is 37.6 Å². The van der Waals surface area contributed by atoms with Crippen molar-refractivity contribution in [1.29, 1.82) is 0 Å². The van der Waals surface area contributed by atoms with Gasteiger partial charge in [-0.3, -0.25) is 4.79 Å². The number of benzene rings is 1. The normalized spacial score (nSPS) is 15.5. The lowest BCUT2D eigenvalue weighted by molar-refractivity contribution is -0.134. The first-order valence-corrected chi connectivity index (χ1v) is 7.23. The van der Waals surface area contributed by atoms with Crippen LogP contribution in [0.4, 0.5) is 0 Å². The van der Waals surface area contributed by atoms with Gasteiger partial charge in [0.15, 0.2) is 0 Å². The van der Waals surface area contributed by atoms with Crippen molar-refractivity contribution in [3.05, 3.63) is 35.4 Å². The first-order chi connectivity index (χ1) is 9.29. The number of rotatable bonds is 5. The minimum atomic E-state index is 0.213. The van der Waals surface area contributed by atoms with Crippen molar-refractivity contribution in [3.63, 3.8) is 0 Å². The Bertz CT molecular complexity index is 394. The minimum Gasteiger partial charge on any atom is -0.378 e. The van der Waals surface area contributed by atoms with Gasteiger partial charge >= 0.3 is 0 Å². The summed E-state index contributed by atoms with van der Waals surface area (Å²) in [6.45, 7) is 5.00. The molecule has 1 aliphatic heterocycles. The molecule has 0 N–H and O–H groups in total. The second-order valence-corrected chi connectivity index (χ2v) is 5.09. The van der Waals surface area contributed by atoms with Crippen LogP contribution >= 0.6 is 0 Å². The summed E-state index contributed by atoms with van der Waals surface area (Å²) >= 11 is 0. The molecule has 2 rings (SSSR count). The van der Waals surface area contributed by atoms with Crippen molar-refractivity contribution in [3.8, 4) is 0 Å². The molecule has 0 unspecified atom stereocenters. The van der Waals surface area contributed by atoms with Crippen LogP contribution in [0.5, 0.6) is 0 Å². The number of hydrogen-bond acceptors (Lipinski definition) is 2. The van der Waals surface area contributed by atoms with Crippen LogP contribution in [-0.4, -0.2) is 37.1 Å². The fourth-order valence-electron chi connectivity index (χ4n) is 2.30. The quantitative estimate of drug-likeness (QED) is 0.814. The number of ether oxygens (including phenoxy) is 1. The molecule has 1 aromatic carbocycles. The van der Waals surface area contributed by atoms with Gasteiger partial charge in [-0.05, 0) is 24.0 Å². The average Bonchev–Trinajstić information content (AvgIpc) is 2.47. The summed E-state index contributed by atoms with van der Waals surface area (Å²) in [6.07, 6.45) is 4.09. The average molecular weight is 261 g/mol. The molecule has 0 aliphatic carbocycles. The molecule has 0 aromatic heterocycles. The maximum Gasteiger partial charge on any atom is 0.227 e. The summed E-state index contributed by atoms with van der Waals surface area (Å²) in [4.78, 5) is 14.0. The summed E-state index contributed by atoms with van der Waals surface area (Å²) < 4.78 is 5.26. The molecular weight excluding hydrogens is 238 g/mol. The molecule has 0 saturated carbocycles. The Morgan fingerprint density at radius 2 is 1.79 bits per heavy atom. The van der Waals surface area contributed by atoms with E-state index in [1.165, 1.54) is 18.4 Å². The Morgan fingerprint density at radius 3 is 2.42 bits per heavy atom. The largest absolute Gasteiger partial charge is 0.378 e. The van der Waals surface area contributed by atoms with Gasteiger partial charge in [-0.2, -0.15) is 0 Å². The predicted molar refractivity (Wildman–Crippen MR) is 76.2 cm³/mol. The summed E-state index contributed by atoms with van der Waals surface area (Å²) in [7, 11) is 0. The first kappa shape index (κ1) is 14.1. The summed E-state index contributed by atoms with van der Waals surface area (Å²) in [5.41, 5.74) is 2.47. The Kier molecular flexibility index (Phi) is 5.40. The number of unbranched alkanes of at least 4 members (excludes halogenated alkanes) is 1. The molecule has 1 heterocycles. The first-order valence-electron chi connectivity index (χ1n) is 7.23. The molecule has 0 radical (unpaired) electrons. The third-order valence-electron chi connectivity index (χ3n) is 3.56. The van der Waals surface area contributed by atoms with Gasteiger partial charge in [0.05, 0.1) is 19.6 Å². The van der Waals surface area contributed by atoms with E-state index in [0.717, 1.165) is 25.1 Å². The number of aryl methyl sites for hydroxylation is 1. The molecule has 1 aliphatic rings. The third-order valence-corrected chi connectivity index (χ3v) is 3.56. The number of nitrogens with zero attached hydrogens (tertiary/aromatic N) is 1. The van der Waals surface area contributed by atoms with Crippen LogP contribution in [-0.2, 0) is 22.4 Å². The number of carbonyl (C=O) groups is 1. The molecule has 0 spiro atoms. The van der Waals surface area contributed by atoms with Crippen molar-refractivity contribution in [2.45, 2.75) is 32.6 Å². The van der Waals surface area contributed by atoms with Crippen LogP contribution in [0.1, 0.15) is 30.9 Å². The molecule has 104 valence electrons. The predicted octanol–water partition coefficient (Wildman–Crippen LogP) is 2.43. The third kappa shape index (κ3) is 4.35. The van der Waals surface area contributed by atoms with Gasteiger partial charge in [-0.15, -0.1) is 0 Å². The van der Waals surface area contributed by atoms with E-state index in [1.54, 1.807) is 0 Å². The van der Waals surface area contributed by atoms with Gasteiger partial charge in [0.1, 0.15) is 0 Å². The molecule has 3 heteroatoms. The summed E-state index contributed by atoms with van der Waals surface area (Å²) in [6, 6.07) is 8.47. The van der Waals surface area contributed by atoms with Crippen LogP contribution in [0.25, 0.3) is 0 Å². The molecule has 0 atom stereocenters. The van der Waals surface area contributed by atoms with Gasteiger partial charge < -0.3 is 9.64 Å². The van der Waals surface area contributed by atoms with E-state index < -0.39 is 0 Å². The van der Waals surface area contributed by atoms with Crippen molar-refractivity contribution >= 4 is 5.91 Å².